The second-order valence-corrected chi connectivity index (χ2v) is 28.1. The van der Waals surface area contributed by atoms with Crippen molar-refractivity contribution >= 4 is 46.3 Å². The first-order valence-corrected chi connectivity index (χ1v) is 36.4. The predicted molar refractivity (Wildman–Crippen MR) is 433 cm³/mol. The van der Waals surface area contributed by atoms with Crippen LogP contribution in [0.25, 0.3) is 56.7 Å². The summed E-state index contributed by atoms with van der Waals surface area (Å²) in [5.41, 5.74) is 18.1. The van der Waals surface area contributed by atoms with Crippen LogP contribution >= 0.6 is 0 Å². The molecule has 0 radical (unpaired) electrons. The molecule has 15 aromatic carbocycles. The molecule has 0 saturated carbocycles. The van der Waals surface area contributed by atoms with E-state index in [1.165, 1.54) is 60.7 Å². The zero-order chi connectivity index (χ0) is 75.7. The van der Waals surface area contributed by atoms with Crippen LogP contribution < -0.4 is 19.3 Å². The van der Waals surface area contributed by atoms with Crippen LogP contribution in [0.5, 0.6) is 23.0 Å². The van der Waals surface area contributed by atoms with E-state index in [0.717, 1.165) is 89.3 Å². The van der Waals surface area contributed by atoms with Gasteiger partial charge in [-0.25, -0.2) is 26.3 Å². The number of benzene rings is 15. The largest absolute Gasteiger partial charge is 0.457 e. The Kier molecular flexibility index (Phi) is 17.7. The van der Waals surface area contributed by atoms with Crippen LogP contribution in [0.4, 0.5) is 60.5 Å². The van der Waals surface area contributed by atoms with Crippen molar-refractivity contribution in [3.8, 4) is 67.5 Å². The Hall–Kier alpha value is -13.4. The molecule has 110 heavy (non-hydrogen) atoms. The van der Waals surface area contributed by atoms with Gasteiger partial charge in [-0.2, -0.15) is 0 Å². The molecule has 4 nitrogen and oxygen atoms in total. The molecule has 10 heteroatoms. The quantitative estimate of drug-likeness (QED) is 0.0800. The number of fused-ring (bicyclic) bond motifs is 6. The molecule has 0 fully saturated rings. The van der Waals surface area contributed by atoms with Crippen molar-refractivity contribution < 1.29 is 35.8 Å². The van der Waals surface area contributed by atoms with Crippen LogP contribution in [0.1, 0.15) is 77.9 Å². The first kappa shape index (κ1) is 69.6. The molecular weight excluding hydrogens is 1380 g/mol. The van der Waals surface area contributed by atoms with Gasteiger partial charge in [-0.15, -0.1) is 0 Å². The van der Waals surface area contributed by atoms with E-state index in [2.05, 4.69) is 89.4 Å². The molecule has 0 saturated heterocycles. The Bertz CT molecular complexity index is 5720. The molecule has 0 spiro atoms. The summed E-state index contributed by atoms with van der Waals surface area (Å²) in [6, 6.07) is 95.1. The van der Waals surface area contributed by atoms with Crippen LogP contribution in [0.3, 0.4) is 0 Å². The van der Waals surface area contributed by atoms with Crippen molar-refractivity contribution in [2.75, 3.05) is 9.80 Å². The minimum atomic E-state index is -1.50. The highest BCUT2D eigenvalue weighted by Gasteiger charge is 2.51. The lowest BCUT2D eigenvalue weighted by Gasteiger charge is -2.35. The minimum Gasteiger partial charge on any atom is -0.457 e. The second-order valence-electron chi connectivity index (χ2n) is 28.1. The van der Waals surface area contributed by atoms with Crippen LogP contribution in [0.2, 0.25) is 0 Å². The summed E-state index contributed by atoms with van der Waals surface area (Å²) in [5.74, 6) is -1.32. The number of halogens is 6. The summed E-state index contributed by atoms with van der Waals surface area (Å²) >= 11 is 0. The van der Waals surface area contributed by atoms with Crippen molar-refractivity contribution in [1.82, 2.24) is 0 Å². The van der Waals surface area contributed by atoms with Gasteiger partial charge >= 0.3 is 0 Å². The van der Waals surface area contributed by atoms with Crippen LogP contribution in [0, 0.1) is 62.6 Å². The first-order valence-electron chi connectivity index (χ1n) is 36.4. The Balaban J connectivity index is 0.728. The lowest BCUT2D eigenvalue weighted by molar-refractivity contribution is 0.481. The monoisotopic (exact) mass is 1440 g/mol. The fourth-order valence-corrected chi connectivity index (χ4v) is 16.8. The molecule has 1 unspecified atom stereocenters. The Morgan fingerprint density at radius 2 is 0.555 bits per heavy atom. The fraction of sp³-hybridized carbons (Fsp3) is 0.0600. The van der Waals surface area contributed by atoms with Crippen LogP contribution in [-0.2, 0) is 10.8 Å². The van der Waals surface area contributed by atoms with E-state index in [9.17, 15) is 0 Å². The summed E-state index contributed by atoms with van der Waals surface area (Å²) in [6.45, 7) is 16.1. The summed E-state index contributed by atoms with van der Waals surface area (Å²) in [7, 11) is 0. The molecule has 2 atom stereocenters. The summed E-state index contributed by atoms with van der Waals surface area (Å²) < 4.78 is 111. The molecule has 0 aromatic heterocycles. The van der Waals surface area contributed by atoms with Crippen molar-refractivity contribution in [1.29, 1.82) is 0 Å². The van der Waals surface area contributed by atoms with Gasteiger partial charge in [0.1, 0.15) is 57.9 Å². The van der Waals surface area contributed by atoms with Crippen molar-refractivity contribution in [2.45, 2.75) is 38.5 Å². The zero-order valence-corrected chi connectivity index (χ0v) is 60.6. The number of aryl methyl sites for hydroxylation is 4. The van der Waals surface area contributed by atoms with Crippen molar-refractivity contribution in [3.05, 3.63) is 441 Å². The van der Waals surface area contributed by atoms with Gasteiger partial charge in [0.2, 0.25) is 0 Å². The van der Waals surface area contributed by atoms with Gasteiger partial charge in [0.05, 0.1) is 10.8 Å². The molecular formula is C100H70F6N2O2. The molecule has 534 valence electrons. The SMILES string of the molecule is C=Cc1ccc(Oc2ccc(C3(c4c(F)cccc4F)c4ccccc4-c4ccc(N(c5ccc(F)cc5)c5ccc(-c6cc(C)c(-c7ccc(N(c8ccc(F)cc8)c8ccc9c(c8)[C@](c8ccc(Oc%10ccc(C=C)cc%10)cc8)(c8c(F)cccc8F)c8ccccc8-9)cc7C)cc6C)c(C)c5)cc43)cc2)cc1. The van der Waals surface area contributed by atoms with Gasteiger partial charge in [-0.05, 0) is 309 Å². The van der Waals surface area contributed by atoms with Crippen molar-refractivity contribution in [2.24, 2.45) is 0 Å². The fourth-order valence-electron chi connectivity index (χ4n) is 16.8. The average Bonchev–Trinajstić information content (AvgIpc) is 1.53. The highest BCUT2D eigenvalue weighted by Crippen LogP contribution is 2.61. The highest BCUT2D eigenvalue weighted by atomic mass is 19.2. The standard InChI is InChI=1S/C100H70F6N2O2/c1-7-65-23-43-77(44-24-65)109-79-47-27-67(28-48-79)99(97-93(103)19-13-20-94(97)104)89-17-11-9-15-83(89)85-53-41-75(59-91(85)99)107(71-35-31-69(101)32-36-71)73-39-51-81(61(3)55-73)87-57-64(6)88(58-63(87)5)82-52-40-74(56-62(82)4)108(72-37-33-70(102)34-38-72)76-42-54-86-84-16-10-12-18-90(84)100(92(86)60-76,98-95(105)21-14-22-96(98)106)68-29-49-80(50-30-68)110-78-45-25-66(8-2)26-46-78/h7-60H,1-2H2,3-6H3/t99-,100?/m1/s1. The number of hydrogen-bond donors (Lipinski definition) is 0. The molecule has 0 aliphatic heterocycles. The maximum Gasteiger partial charge on any atom is 0.130 e. The minimum absolute atomic E-state index is 0.119. The summed E-state index contributed by atoms with van der Waals surface area (Å²) in [4.78, 5) is 4.10. The third kappa shape index (κ3) is 11.8. The van der Waals surface area contributed by atoms with Gasteiger partial charge in [0, 0.05) is 45.3 Å². The molecule has 0 bridgehead atoms. The van der Waals surface area contributed by atoms with Gasteiger partial charge < -0.3 is 19.3 Å². The van der Waals surface area contributed by atoms with Gasteiger partial charge in [-0.3, -0.25) is 0 Å². The third-order valence-electron chi connectivity index (χ3n) is 21.8. The first-order chi connectivity index (χ1) is 53.5. The summed E-state index contributed by atoms with van der Waals surface area (Å²) in [5, 5.41) is 0. The number of anilines is 6. The predicted octanol–water partition coefficient (Wildman–Crippen LogP) is 27.6. The maximum atomic E-state index is 17.1. The van der Waals surface area contributed by atoms with Gasteiger partial charge in [0.25, 0.3) is 0 Å². The van der Waals surface area contributed by atoms with Gasteiger partial charge in [0.15, 0.2) is 0 Å². The maximum absolute atomic E-state index is 17.1. The molecule has 0 heterocycles. The van der Waals surface area contributed by atoms with E-state index in [0.29, 0.717) is 79.1 Å². The number of hydrogen-bond acceptors (Lipinski definition) is 4. The third-order valence-corrected chi connectivity index (χ3v) is 21.8. The Morgan fingerprint density at radius 1 is 0.264 bits per heavy atom. The number of ether oxygens (including phenoxy) is 2. The molecule has 2 aliphatic carbocycles. The van der Waals surface area contributed by atoms with Crippen LogP contribution in [0.15, 0.2) is 329 Å². The lowest BCUT2D eigenvalue weighted by atomic mass is 9.67. The lowest BCUT2D eigenvalue weighted by Crippen LogP contribution is -2.31. The normalized spacial score (nSPS) is 14.4. The number of nitrogens with zero attached hydrogens (tertiary/aromatic N) is 2. The molecule has 0 N–H and O–H groups in total. The Labute approximate surface area is 635 Å². The van der Waals surface area contributed by atoms with E-state index in [1.54, 1.807) is 36.4 Å². The average molecular weight is 1450 g/mol. The van der Waals surface area contributed by atoms with E-state index < -0.39 is 45.7 Å². The molecule has 2 aliphatic rings. The van der Waals surface area contributed by atoms with E-state index in [4.69, 9.17) is 9.47 Å². The molecule has 15 aromatic rings. The smallest absolute Gasteiger partial charge is 0.130 e. The van der Waals surface area contributed by atoms with E-state index >= 15 is 26.3 Å². The zero-order valence-electron chi connectivity index (χ0n) is 60.6. The van der Waals surface area contributed by atoms with E-state index in [-0.39, 0.29) is 11.1 Å². The van der Waals surface area contributed by atoms with E-state index in [1.807, 2.05) is 192 Å². The van der Waals surface area contributed by atoms with Crippen LogP contribution in [-0.4, -0.2) is 0 Å². The molecule has 0 amide bonds. The second kappa shape index (κ2) is 28.0. The highest BCUT2D eigenvalue weighted by molar-refractivity contribution is 5.93. The van der Waals surface area contributed by atoms with Crippen molar-refractivity contribution in [3.63, 3.8) is 0 Å². The van der Waals surface area contributed by atoms with Gasteiger partial charge in [-0.1, -0.05) is 171 Å². The Morgan fingerprint density at radius 3 is 0.891 bits per heavy atom. The topological polar surface area (TPSA) is 24.9 Å². The molecule has 17 rings (SSSR count). The number of rotatable bonds is 18. The summed E-state index contributed by atoms with van der Waals surface area (Å²) in [6.07, 6.45) is 3.52.